The number of hydrogen-bond donors (Lipinski definition) is 2. The molecular weight excluding hydrogens is 374 g/mol. The van der Waals surface area contributed by atoms with Gasteiger partial charge in [-0.05, 0) is 49.6 Å². The Kier molecular flexibility index (Phi) is 5.73. The summed E-state index contributed by atoms with van der Waals surface area (Å²) in [5.74, 6) is 2.47. The predicted molar refractivity (Wildman–Crippen MR) is 112 cm³/mol. The molecule has 150 valence electrons. The van der Waals surface area contributed by atoms with Crippen molar-refractivity contribution >= 4 is 17.3 Å². The van der Waals surface area contributed by atoms with Crippen LogP contribution in [0.4, 0.5) is 0 Å². The maximum Gasteiger partial charge on any atom is 0.231 e. The molecule has 1 saturated heterocycles. The Morgan fingerprint density at radius 1 is 1.11 bits per heavy atom. The zero-order valence-corrected chi connectivity index (χ0v) is 17.2. The third-order valence-electron chi connectivity index (χ3n) is 5.48. The largest absolute Gasteiger partial charge is 0.454 e. The lowest BCUT2D eigenvalue weighted by Gasteiger charge is -2.38. The van der Waals surface area contributed by atoms with Crippen LogP contribution < -0.4 is 20.1 Å². The molecule has 0 unspecified atom stereocenters. The van der Waals surface area contributed by atoms with Gasteiger partial charge in [0.05, 0.1) is 6.54 Å². The molecular formula is C21H27N3O3S. The molecule has 6 nitrogen and oxygen atoms in total. The number of ether oxygens (including phenoxy) is 3. The molecule has 3 heterocycles. The summed E-state index contributed by atoms with van der Waals surface area (Å²) < 4.78 is 16.7. The summed E-state index contributed by atoms with van der Waals surface area (Å²) in [5, 5.41) is 6.96. The van der Waals surface area contributed by atoms with Crippen molar-refractivity contribution in [2.75, 3.05) is 33.6 Å². The second-order valence-electron chi connectivity index (χ2n) is 7.25. The van der Waals surface area contributed by atoms with E-state index in [2.05, 4.69) is 46.8 Å². The summed E-state index contributed by atoms with van der Waals surface area (Å²) in [4.78, 5) is 7.03. The number of rotatable bonds is 5. The molecule has 0 atom stereocenters. The minimum Gasteiger partial charge on any atom is -0.454 e. The number of guanidine groups is 1. The third-order valence-corrected chi connectivity index (χ3v) is 6.48. The number of aliphatic imine (C=N–C) groups is 1. The molecule has 1 aromatic heterocycles. The molecule has 0 amide bonds. The number of benzene rings is 1. The average Bonchev–Trinajstić information content (AvgIpc) is 3.37. The molecule has 1 fully saturated rings. The van der Waals surface area contributed by atoms with Crippen LogP contribution in [0.15, 0.2) is 35.3 Å². The van der Waals surface area contributed by atoms with Crippen molar-refractivity contribution in [2.24, 2.45) is 4.99 Å². The molecule has 0 radical (unpaired) electrons. The second-order valence-corrected chi connectivity index (χ2v) is 8.62. The normalized spacial score (nSPS) is 18.1. The van der Waals surface area contributed by atoms with Crippen molar-refractivity contribution in [3.8, 4) is 11.5 Å². The Labute approximate surface area is 169 Å². The van der Waals surface area contributed by atoms with E-state index in [1.165, 1.54) is 15.3 Å². The highest BCUT2D eigenvalue weighted by Gasteiger charge is 2.35. The van der Waals surface area contributed by atoms with Crippen LogP contribution in [-0.2, 0) is 16.7 Å². The first-order valence-corrected chi connectivity index (χ1v) is 10.5. The predicted octanol–water partition coefficient (Wildman–Crippen LogP) is 3.20. The summed E-state index contributed by atoms with van der Waals surface area (Å²) in [5.41, 5.74) is 1.24. The van der Waals surface area contributed by atoms with Gasteiger partial charge in [0.1, 0.15) is 0 Å². The van der Waals surface area contributed by atoms with Gasteiger partial charge < -0.3 is 24.8 Å². The molecule has 2 aliphatic rings. The Morgan fingerprint density at radius 2 is 1.93 bits per heavy atom. The van der Waals surface area contributed by atoms with Crippen LogP contribution in [0.3, 0.4) is 0 Å². The van der Waals surface area contributed by atoms with Crippen LogP contribution in [-0.4, -0.2) is 39.6 Å². The molecule has 1 aromatic carbocycles. The monoisotopic (exact) mass is 401 g/mol. The van der Waals surface area contributed by atoms with E-state index in [1.54, 1.807) is 11.3 Å². The zero-order valence-electron chi connectivity index (χ0n) is 16.4. The van der Waals surface area contributed by atoms with Gasteiger partial charge in [-0.25, -0.2) is 0 Å². The topological polar surface area (TPSA) is 64.1 Å². The van der Waals surface area contributed by atoms with Gasteiger partial charge in [0, 0.05) is 42.0 Å². The fourth-order valence-corrected chi connectivity index (χ4v) is 4.61. The fourth-order valence-electron chi connectivity index (χ4n) is 3.78. The van der Waals surface area contributed by atoms with Crippen molar-refractivity contribution in [1.29, 1.82) is 0 Å². The van der Waals surface area contributed by atoms with Gasteiger partial charge in [0.15, 0.2) is 17.5 Å². The summed E-state index contributed by atoms with van der Waals surface area (Å²) >= 11 is 1.81. The van der Waals surface area contributed by atoms with Crippen LogP contribution in [0.2, 0.25) is 0 Å². The van der Waals surface area contributed by atoms with Crippen molar-refractivity contribution in [2.45, 2.75) is 31.7 Å². The van der Waals surface area contributed by atoms with Gasteiger partial charge in [0.25, 0.3) is 0 Å². The number of hydrogen-bond acceptors (Lipinski definition) is 5. The van der Waals surface area contributed by atoms with E-state index in [4.69, 9.17) is 14.2 Å². The smallest absolute Gasteiger partial charge is 0.231 e. The maximum atomic E-state index is 5.65. The second kappa shape index (κ2) is 8.41. The van der Waals surface area contributed by atoms with Crippen LogP contribution in [0.25, 0.3) is 0 Å². The first kappa shape index (κ1) is 19.1. The molecule has 0 bridgehead atoms. The molecule has 4 rings (SSSR count). The van der Waals surface area contributed by atoms with Crippen molar-refractivity contribution in [3.05, 3.63) is 45.6 Å². The zero-order chi connectivity index (χ0) is 19.4. The summed E-state index contributed by atoms with van der Waals surface area (Å²) in [6, 6.07) is 10.6. The maximum absolute atomic E-state index is 5.65. The number of nitrogens with one attached hydrogen (secondary N) is 2. The van der Waals surface area contributed by atoms with Gasteiger partial charge in [0.2, 0.25) is 6.79 Å². The van der Waals surface area contributed by atoms with Crippen molar-refractivity contribution in [3.63, 3.8) is 0 Å². The van der Waals surface area contributed by atoms with Crippen LogP contribution in [0.5, 0.6) is 11.5 Å². The SMILES string of the molecule is CN=C(NCc1ccc(C)s1)NCC1(c2ccc3c(c2)OCO3)CCOCC1. The standard InChI is InChI=1S/C21H27N3O3S/c1-15-3-5-17(28-15)12-23-20(22-2)24-13-21(7-9-25-10-8-21)16-4-6-18-19(11-16)27-14-26-18/h3-6,11H,7-10,12-14H2,1-2H3,(H2,22,23,24). The van der Waals surface area contributed by atoms with Gasteiger partial charge in [-0.2, -0.15) is 0 Å². The minimum atomic E-state index is -0.0175. The minimum absolute atomic E-state index is 0.0175. The summed E-state index contributed by atoms with van der Waals surface area (Å²) in [6.07, 6.45) is 1.92. The van der Waals surface area contributed by atoms with E-state index >= 15 is 0 Å². The number of nitrogens with zero attached hydrogens (tertiary/aromatic N) is 1. The Hall–Kier alpha value is -2.25. The highest BCUT2D eigenvalue weighted by Crippen LogP contribution is 2.40. The van der Waals surface area contributed by atoms with E-state index < -0.39 is 0 Å². The molecule has 2 aliphatic heterocycles. The van der Waals surface area contributed by atoms with E-state index in [9.17, 15) is 0 Å². The Balaban J connectivity index is 1.45. The van der Waals surface area contributed by atoms with Crippen LogP contribution >= 0.6 is 11.3 Å². The van der Waals surface area contributed by atoms with Crippen molar-refractivity contribution < 1.29 is 14.2 Å². The van der Waals surface area contributed by atoms with E-state index in [0.29, 0.717) is 6.79 Å². The lowest BCUT2D eigenvalue weighted by molar-refractivity contribution is 0.0513. The van der Waals surface area contributed by atoms with Crippen LogP contribution in [0.1, 0.15) is 28.2 Å². The van der Waals surface area contributed by atoms with E-state index in [1.807, 2.05) is 13.1 Å². The number of fused-ring (bicyclic) bond motifs is 1. The molecule has 0 saturated carbocycles. The number of thiophene rings is 1. The van der Waals surface area contributed by atoms with E-state index in [-0.39, 0.29) is 5.41 Å². The molecule has 7 heteroatoms. The first-order valence-electron chi connectivity index (χ1n) is 9.66. The highest BCUT2D eigenvalue weighted by molar-refractivity contribution is 7.11. The fraction of sp³-hybridized carbons (Fsp3) is 0.476. The Bertz CT molecular complexity index is 843. The molecule has 0 spiro atoms. The van der Waals surface area contributed by atoms with Gasteiger partial charge in [-0.3, -0.25) is 4.99 Å². The third kappa shape index (κ3) is 4.10. The average molecular weight is 402 g/mol. The number of aryl methyl sites for hydroxylation is 1. The van der Waals surface area contributed by atoms with Crippen LogP contribution in [0, 0.1) is 6.92 Å². The molecule has 28 heavy (non-hydrogen) atoms. The first-order chi connectivity index (χ1) is 13.7. The van der Waals surface area contributed by atoms with E-state index in [0.717, 1.165) is 56.6 Å². The van der Waals surface area contributed by atoms with Gasteiger partial charge in [-0.15, -0.1) is 11.3 Å². The summed E-state index contributed by atoms with van der Waals surface area (Å²) in [7, 11) is 1.81. The lowest BCUT2D eigenvalue weighted by Crippen LogP contribution is -2.47. The summed E-state index contributed by atoms with van der Waals surface area (Å²) in [6.45, 7) is 5.51. The van der Waals surface area contributed by atoms with Gasteiger partial charge in [-0.1, -0.05) is 6.07 Å². The van der Waals surface area contributed by atoms with Crippen molar-refractivity contribution in [1.82, 2.24) is 10.6 Å². The quantitative estimate of drug-likeness (QED) is 0.595. The highest BCUT2D eigenvalue weighted by atomic mass is 32.1. The molecule has 2 N–H and O–H groups in total. The molecule has 0 aliphatic carbocycles. The molecule has 2 aromatic rings. The Morgan fingerprint density at radius 3 is 2.68 bits per heavy atom. The lowest BCUT2D eigenvalue weighted by atomic mass is 9.74. The van der Waals surface area contributed by atoms with Gasteiger partial charge >= 0.3 is 0 Å².